The molecule has 1 aromatic heterocycles. The first-order valence-corrected chi connectivity index (χ1v) is 11.9. The number of aryl methyl sites for hydroxylation is 4. The predicted octanol–water partition coefficient (Wildman–Crippen LogP) is 3.51. The van der Waals surface area contributed by atoms with E-state index in [-0.39, 0.29) is 33.5 Å². The van der Waals surface area contributed by atoms with Gasteiger partial charge in [-0.3, -0.25) is 13.9 Å². The molecule has 0 unspecified atom stereocenters. The maximum absolute atomic E-state index is 13.5. The van der Waals surface area contributed by atoms with E-state index >= 15 is 0 Å². The van der Waals surface area contributed by atoms with Gasteiger partial charge >= 0.3 is 5.69 Å². The van der Waals surface area contributed by atoms with Gasteiger partial charge in [0, 0.05) is 14.1 Å². The molecular formula is C25H25N3O4S. The van der Waals surface area contributed by atoms with Crippen LogP contribution in [0.4, 0.5) is 5.69 Å². The molecule has 3 aromatic carbocycles. The third kappa shape index (κ3) is 4.21. The van der Waals surface area contributed by atoms with E-state index in [0.29, 0.717) is 11.0 Å². The van der Waals surface area contributed by atoms with Crippen molar-refractivity contribution in [3.05, 3.63) is 87.8 Å². The van der Waals surface area contributed by atoms with Crippen LogP contribution in [0.15, 0.2) is 75.2 Å². The number of nitrogens with zero attached hydrogens (tertiary/aromatic N) is 2. The second-order valence-corrected chi connectivity index (χ2v) is 10.2. The summed E-state index contributed by atoms with van der Waals surface area (Å²) in [6, 6.07) is 17.1. The molecule has 1 amide bonds. The number of amides is 1. The number of rotatable bonds is 5. The molecule has 0 aliphatic heterocycles. The zero-order valence-electron chi connectivity index (χ0n) is 18.9. The van der Waals surface area contributed by atoms with E-state index < -0.39 is 9.84 Å². The van der Waals surface area contributed by atoms with E-state index in [1.54, 1.807) is 32.3 Å². The molecule has 1 N–H and O–H groups in total. The molecule has 4 aromatic rings. The molecule has 0 bridgehead atoms. The molecule has 0 saturated heterocycles. The van der Waals surface area contributed by atoms with E-state index in [1.807, 2.05) is 38.1 Å². The van der Waals surface area contributed by atoms with Gasteiger partial charge < -0.3 is 5.32 Å². The summed E-state index contributed by atoms with van der Waals surface area (Å²) in [5, 5.41) is 2.77. The first-order valence-electron chi connectivity index (χ1n) is 10.4. The van der Waals surface area contributed by atoms with Gasteiger partial charge in [-0.05, 0) is 43.7 Å². The average Bonchev–Trinajstić information content (AvgIpc) is 2.98. The SMILES string of the molecule is Cc1ccc(CC(=O)Nc2cc3c(cc2S(=O)(=O)c2ccc(C)cc2)n(C)c(=O)n3C)cc1. The van der Waals surface area contributed by atoms with Gasteiger partial charge in [-0.25, -0.2) is 13.2 Å². The van der Waals surface area contributed by atoms with Crippen LogP contribution in [0.5, 0.6) is 0 Å². The molecule has 0 radical (unpaired) electrons. The monoisotopic (exact) mass is 463 g/mol. The van der Waals surface area contributed by atoms with Gasteiger partial charge in [0.1, 0.15) is 0 Å². The molecule has 4 rings (SSSR count). The quantitative estimate of drug-likeness (QED) is 0.490. The minimum atomic E-state index is -3.96. The van der Waals surface area contributed by atoms with Gasteiger partial charge in [-0.1, -0.05) is 47.5 Å². The van der Waals surface area contributed by atoms with E-state index in [2.05, 4.69) is 5.32 Å². The summed E-state index contributed by atoms with van der Waals surface area (Å²) < 4.78 is 29.9. The first kappa shape index (κ1) is 22.5. The Kier molecular flexibility index (Phi) is 5.71. The lowest BCUT2D eigenvalue weighted by atomic mass is 10.1. The lowest BCUT2D eigenvalue weighted by molar-refractivity contribution is -0.115. The van der Waals surface area contributed by atoms with Crippen LogP contribution in [0.2, 0.25) is 0 Å². The van der Waals surface area contributed by atoms with Crippen molar-refractivity contribution in [2.24, 2.45) is 14.1 Å². The second kappa shape index (κ2) is 8.37. The maximum Gasteiger partial charge on any atom is 0.328 e. The Morgan fingerprint density at radius 1 is 0.848 bits per heavy atom. The number of fused-ring (bicyclic) bond motifs is 1. The minimum Gasteiger partial charge on any atom is -0.325 e. The largest absolute Gasteiger partial charge is 0.328 e. The number of hydrogen-bond donors (Lipinski definition) is 1. The van der Waals surface area contributed by atoms with Crippen LogP contribution in [-0.2, 0) is 35.1 Å². The van der Waals surface area contributed by atoms with Crippen LogP contribution in [0.25, 0.3) is 11.0 Å². The third-order valence-corrected chi connectivity index (χ3v) is 7.56. The van der Waals surface area contributed by atoms with Gasteiger partial charge in [0.25, 0.3) is 0 Å². The Balaban J connectivity index is 1.83. The lowest BCUT2D eigenvalue weighted by Gasteiger charge is -2.14. The molecule has 0 aliphatic rings. The fourth-order valence-electron chi connectivity index (χ4n) is 3.78. The van der Waals surface area contributed by atoms with Crippen molar-refractivity contribution in [3.63, 3.8) is 0 Å². The van der Waals surface area contributed by atoms with E-state index in [0.717, 1.165) is 16.7 Å². The molecule has 0 aliphatic carbocycles. The Morgan fingerprint density at radius 3 is 1.94 bits per heavy atom. The summed E-state index contributed by atoms with van der Waals surface area (Å²) in [7, 11) is -0.768. The number of hydrogen-bond acceptors (Lipinski definition) is 4. The Labute approximate surface area is 192 Å². The highest BCUT2D eigenvalue weighted by Crippen LogP contribution is 2.32. The summed E-state index contributed by atoms with van der Waals surface area (Å²) in [6.45, 7) is 3.84. The van der Waals surface area contributed by atoms with Crippen molar-refractivity contribution >= 4 is 32.5 Å². The summed E-state index contributed by atoms with van der Waals surface area (Å²) >= 11 is 0. The van der Waals surface area contributed by atoms with Crippen LogP contribution in [-0.4, -0.2) is 23.5 Å². The maximum atomic E-state index is 13.5. The molecule has 170 valence electrons. The molecule has 0 spiro atoms. The predicted molar refractivity (Wildman–Crippen MR) is 128 cm³/mol. The van der Waals surface area contributed by atoms with Crippen molar-refractivity contribution < 1.29 is 13.2 Å². The van der Waals surface area contributed by atoms with Gasteiger partial charge in [0.05, 0.1) is 32.9 Å². The fraction of sp³-hybridized carbons (Fsp3) is 0.200. The summed E-state index contributed by atoms with van der Waals surface area (Å²) in [5.41, 5.74) is 3.67. The molecule has 8 heteroatoms. The fourth-order valence-corrected chi connectivity index (χ4v) is 5.19. The van der Waals surface area contributed by atoms with E-state index in [4.69, 9.17) is 0 Å². The van der Waals surface area contributed by atoms with Crippen molar-refractivity contribution in [3.8, 4) is 0 Å². The van der Waals surface area contributed by atoms with E-state index in [9.17, 15) is 18.0 Å². The molecule has 0 saturated carbocycles. The number of benzene rings is 3. The Hall–Kier alpha value is -3.65. The first-order chi connectivity index (χ1) is 15.6. The zero-order chi connectivity index (χ0) is 23.9. The number of carbonyl (C=O) groups is 1. The molecule has 1 heterocycles. The smallest absolute Gasteiger partial charge is 0.325 e. The molecule has 0 atom stereocenters. The van der Waals surface area contributed by atoms with Gasteiger partial charge in [0.15, 0.2) is 0 Å². The summed E-state index contributed by atoms with van der Waals surface area (Å²) in [6.07, 6.45) is 0.0933. The highest BCUT2D eigenvalue weighted by Gasteiger charge is 2.25. The van der Waals surface area contributed by atoms with Crippen LogP contribution in [0.3, 0.4) is 0 Å². The number of anilines is 1. The van der Waals surface area contributed by atoms with Crippen molar-refractivity contribution in [1.82, 2.24) is 9.13 Å². The highest BCUT2D eigenvalue weighted by atomic mass is 32.2. The van der Waals surface area contributed by atoms with Gasteiger partial charge in [-0.15, -0.1) is 0 Å². The van der Waals surface area contributed by atoms with Crippen molar-refractivity contribution in [1.29, 1.82) is 0 Å². The van der Waals surface area contributed by atoms with Gasteiger partial charge in [-0.2, -0.15) is 0 Å². The van der Waals surface area contributed by atoms with Crippen molar-refractivity contribution in [2.45, 2.75) is 30.1 Å². The molecule has 33 heavy (non-hydrogen) atoms. The number of carbonyl (C=O) groups excluding carboxylic acids is 1. The number of nitrogens with one attached hydrogen (secondary N) is 1. The normalized spacial score (nSPS) is 11.6. The van der Waals surface area contributed by atoms with Crippen LogP contribution in [0, 0.1) is 13.8 Å². The van der Waals surface area contributed by atoms with Crippen LogP contribution >= 0.6 is 0 Å². The minimum absolute atomic E-state index is 0.0580. The van der Waals surface area contributed by atoms with Crippen molar-refractivity contribution in [2.75, 3.05) is 5.32 Å². The Morgan fingerprint density at radius 2 is 1.36 bits per heavy atom. The molecule has 7 nitrogen and oxygen atoms in total. The van der Waals surface area contributed by atoms with Crippen LogP contribution < -0.4 is 11.0 Å². The number of aromatic nitrogens is 2. The topological polar surface area (TPSA) is 90.2 Å². The van der Waals surface area contributed by atoms with Crippen LogP contribution in [0.1, 0.15) is 16.7 Å². The standard InChI is InChI=1S/C25H25N3O4S/c1-16-5-9-18(10-6-16)13-24(29)26-20-14-21-22(28(4)25(30)27(21)3)15-23(20)33(31,32)19-11-7-17(2)8-12-19/h5-12,14-15H,13H2,1-4H3,(H,26,29). The number of imidazole rings is 1. The molecular weight excluding hydrogens is 438 g/mol. The average molecular weight is 464 g/mol. The number of sulfone groups is 1. The summed E-state index contributed by atoms with van der Waals surface area (Å²) in [5.74, 6) is -0.348. The highest BCUT2D eigenvalue weighted by molar-refractivity contribution is 7.91. The lowest BCUT2D eigenvalue weighted by Crippen LogP contribution is -2.19. The summed E-state index contributed by atoms with van der Waals surface area (Å²) in [4.78, 5) is 25.3. The Bertz CT molecular complexity index is 1530. The third-order valence-electron chi connectivity index (χ3n) is 5.75. The van der Waals surface area contributed by atoms with E-state index in [1.165, 1.54) is 27.3 Å². The zero-order valence-corrected chi connectivity index (χ0v) is 19.7. The van der Waals surface area contributed by atoms with Gasteiger partial charge in [0.2, 0.25) is 15.7 Å². The molecule has 0 fully saturated rings. The second-order valence-electron chi connectivity index (χ2n) is 8.26.